The number of nitrogens with one attached hydrogen (secondary N) is 1. The third kappa shape index (κ3) is 4.11. The van der Waals surface area contributed by atoms with Gasteiger partial charge in [-0.15, -0.1) is 0 Å². The molecule has 3 aromatic rings. The first-order valence-corrected chi connectivity index (χ1v) is 10.3. The largest absolute Gasteiger partial charge is 0.497 e. The second-order valence-electron chi connectivity index (χ2n) is 6.54. The van der Waals surface area contributed by atoms with Crippen LogP contribution in [0.4, 0.5) is 5.69 Å². The van der Waals surface area contributed by atoms with Crippen LogP contribution < -0.4 is 19.5 Å². The van der Waals surface area contributed by atoms with Crippen molar-refractivity contribution in [3.8, 4) is 17.2 Å². The Morgan fingerprint density at radius 1 is 0.933 bits per heavy atom. The van der Waals surface area contributed by atoms with E-state index in [0.717, 1.165) is 3.57 Å². The normalized spacial score (nSPS) is 12.2. The molecule has 1 heterocycles. The van der Waals surface area contributed by atoms with Crippen LogP contribution in [-0.4, -0.2) is 32.0 Å². The van der Waals surface area contributed by atoms with Crippen molar-refractivity contribution in [3.63, 3.8) is 0 Å². The molecule has 0 aliphatic carbocycles. The zero-order valence-corrected chi connectivity index (χ0v) is 18.3. The highest BCUT2D eigenvalue weighted by Crippen LogP contribution is 2.37. The molecular formula is C23H18INO5. The summed E-state index contributed by atoms with van der Waals surface area (Å²) in [5.74, 6) is 0.969. The molecule has 1 amide bonds. The minimum atomic E-state index is -0.359. The van der Waals surface area contributed by atoms with Crippen LogP contribution in [-0.2, 0) is 0 Å². The number of halogens is 1. The Balaban J connectivity index is 1.75. The summed E-state index contributed by atoms with van der Waals surface area (Å²) in [4.78, 5) is 26.2. The first-order valence-electron chi connectivity index (χ1n) is 9.25. The molecule has 0 saturated heterocycles. The van der Waals surface area contributed by atoms with E-state index in [2.05, 4.69) is 27.9 Å². The molecule has 0 unspecified atom stereocenters. The lowest BCUT2D eigenvalue weighted by Crippen LogP contribution is -2.19. The van der Waals surface area contributed by atoms with Gasteiger partial charge in [-0.2, -0.15) is 0 Å². The summed E-state index contributed by atoms with van der Waals surface area (Å²) < 4.78 is 17.3. The second-order valence-corrected chi connectivity index (χ2v) is 7.70. The predicted octanol–water partition coefficient (Wildman–Crippen LogP) is 4.55. The van der Waals surface area contributed by atoms with Crippen molar-refractivity contribution in [3.05, 3.63) is 80.9 Å². The summed E-state index contributed by atoms with van der Waals surface area (Å²) in [6.07, 6.45) is 0. The third-order valence-corrected chi connectivity index (χ3v) is 5.57. The molecule has 1 aliphatic heterocycles. The molecule has 1 aliphatic rings. The summed E-state index contributed by atoms with van der Waals surface area (Å²) >= 11 is 2.12. The van der Waals surface area contributed by atoms with Crippen molar-refractivity contribution in [2.45, 2.75) is 0 Å². The van der Waals surface area contributed by atoms with Gasteiger partial charge >= 0.3 is 0 Å². The summed E-state index contributed by atoms with van der Waals surface area (Å²) in [6.45, 7) is 0.805. The summed E-state index contributed by atoms with van der Waals surface area (Å²) in [5.41, 5.74) is 1.65. The molecular weight excluding hydrogens is 497 g/mol. The SMILES string of the molecule is COc1cccc(C(=O)Nc2cc3c(cc2C(=O)c2ccccc2I)OCCO3)c1. The molecule has 0 bridgehead atoms. The van der Waals surface area contributed by atoms with Crippen LogP contribution in [0, 0.1) is 3.57 Å². The second kappa shape index (κ2) is 8.74. The van der Waals surface area contributed by atoms with Gasteiger partial charge in [0, 0.05) is 20.8 Å². The smallest absolute Gasteiger partial charge is 0.255 e. The van der Waals surface area contributed by atoms with Crippen LogP contribution in [0.1, 0.15) is 26.3 Å². The van der Waals surface area contributed by atoms with E-state index in [1.165, 1.54) is 7.11 Å². The molecule has 3 aromatic carbocycles. The quantitative estimate of drug-likeness (QED) is 0.399. The zero-order chi connectivity index (χ0) is 21.1. The number of amides is 1. The maximum Gasteiger partial charge on any atom is 0.255 e. The fourth-order valence-corrected chi connectivity index (χ4v) is 3.76. The van der Waals surface area contributed by atoms with E-state index in [0.29, 0.717) is 52.8 Å². The maximum absolute atomic E-state index is 13.3. The average Bonchev–Trinajstić information content (AvgIpc) is 2.78. The highest BCUT2D eigenvalue weighted by molar-refractivity contribution is 14.1. The van der Waals surface area contributed by atoms with E-state index in [4.69, 9.17) is 14.2 Å². The Kier molecular flexibility index (Phi) is 5.89. The maximum atomic E-state index is 13.3. The first kappa shape index (κ1) is 20.2. The lowest BCUT2D eigenvalue weighted by molar-refractivity contribution is 0.102. The molecule has 30 heavy (non-hydrogen) atoms. The highest BCUT2D eigenvalue weighted by Gasteiger charge is 2.23. The van der Waals surface area contributed by atoms with Gasteiger partial charge in [-0.25, -0.2) is 0 Å². The summed E-state index contributed by atoms with van der Waals surface area (Å²) in [5, 5.41) is 2.85. The standard InChI is InChI=1S/C23H18INO5/c1-28-15-6-4-5-14(11-15)23(27)25-19-13-21-20(29-9-10-30-21)12-17(19)22(26)16-7-2-3-8-18(16)24/h2-8,11-13H,9-10H2,1H3,(H,25,27). The molecule has 0 spiro atoms. The molecule has 0 aromatic heterocycles. The summed E-state index contributed by atoms with van der Waals surface area (Å²) in [7, 11) is 1.54. The van der Waals surface area contributed by atoms with Crippen molar-refractivity contribution >= 4 is 40.0 Å². The van der Waals surface area contributed by atoms with Crippen molar-refractivity contribution < 1.29 is 23.8 Å². The topological polar surface area (TPSA) is 73.9 Å². The van der Waals surface area contributed by atoms with E-state index in [1.807, 2.05) is 18.2 Å². The van der Waals surface area contributed by atoms with E-state index in [-0.39, 0.29) is 11.7 Å². The lowest BCUT2D eigenvalue weighted by atomic mass is 10.0. The van der Waals surface area contributed by atoms with Crippen LogP contribution in [0.3, 0.4) is 0 Å². The van der Waals surface area contributed by atoms with Crippen LogP contribution in [0.25, 0.3) is 0 Å². The Hall–Kier alpha value is -3.07. The lowest BCUT2D eigenvalue weighted by Gasteiger charge is -2.21. The van der Waals surface area contributed by atoms with Crippen molar-refractivity contribution in [2.75, 3.05) is 25.6 Å². The Morgan fingerprint density at radius 2 is 1.67 bits per heavy atom. The molecule has 0 fully saturated rings. The third-order valence-electron chi connectivity index (χ3n) is 4.63. The molecule has 1 N–H and O–H groups in total. The van der Waals surface area contributed by atoms with Gasteiger partial charge in [-0.3, -0.25) is 9.59 Å². The van der Waals surface area contributed by atoms with E-state index in [1.54, 1.807) is 42.5 Å². The number of hydrogen-bond donors (Lipinski definition) is 1. The van der Waals surface area contributed by atoms with Gasteiger partial charge in [0.05, 0.1) is 18.4 Å². The average molecular weight is 515 g/mol. The van der Waals surface area contributed by atoms with Crippen molar-refractivity contribution in [1.29, 1.82) is 0 Å². The fourth-order valence-electron chi connectivity index (χ4n) is 3.13. The minimum absolute atomic E-state index is 0.210. The molecule has 7 heteroatoms. The number of rotatable bonds is 5. The van der Waals surface area contributed by atoms with Gasteiger partial charge in [0.1, 0.15) is 19.0 Å². The molecule has 4 rings (SSSR count). The van der Waals surface area contributed by atoms with Gasteiger partial charge < -0.3 is 19.5 Å². The molecule has 152 valence electrons. The van der Waals surface area contributed by atoms with E-state index >= 15 is 0 Å². The number of carbonyl (C=O) groups is 2. The van der Waals surface area contributed by atoms with Crippen molar-refractivity contribution in [2.24, 2.45) is 0 Å². The number of benzene rings is 3. The summed E-state index contributed by atoms with van der Waals surface area (Å²) in [6, 6.07) is 17.4. The fraction of sp³-hybridized carbons (Fsp3) is 0.130. The molecule has 0 radical (unpaired) electrons. The Labute approximate surface area is 187 Å². The minimum Gasteiger partial charge on any atom is -0.497 e. The van der Waals surface area contributed by atoms with E-state index in [9.17, 15) is 9.59 Å². The highest BCUT2D eigenvalue weighted by atomic mass is 127. The molecule has 6 nitrogen and oxygen atoms in total. The molecule has 0 saturated carbocycles. The van der Waals surface area contributed by atoms with Crippen LogP contribution in [0.2, 0.25) is 0 Å². The van der Waals surface area contributed by atoms with Gasteiger partial charge in [0.2, 0.25) is 0 Å². The monoisotopic (exact) mass is 515 g/mol. The number of carbonyl (C=O) groups excluding carboxylic acids is 2. The van der Waals surface area contributed by atoms with Crippen molar-refractivity contribution in [1.82, 2.24) is 0 Å². The van der Waals surface area contributed by atoms with Gasteiger partial charge in [0.15, 0.2) is 17.3 Å². The van der Waals surface area contributed by atoms with Gasteiger partial charge in [-0.1, -0.05) is 18.2 Å². The number of anilines is 1. The Morgan fingerprint density at radius 3 is 2.40 bits per heavy atom. The van der Waals surface area contributed by atoms with E-state index < -0.39 is 0 Å². The van der Waals surface area contributed by atoms with Crippen LogP contribution in [0.15, 0.2) is 60.7 Å². The molecule has 0 atom stereocenters. The number of ether oxygens (including phenoxy) is 3. The number of hydrogen-bond acceptors (Lipinski definition) is 5. The number of fused-ring (bicyclic) bond motifs is 1. The Bertz CT molecular complexity index is 1130. The van der Waals surface area contributed by atoms with Gasteiger partial charge in [-0.05, 0) is 59.0 Å². The van der Waals surface area contributed by atoms with Gasteiger partial charge in [0.25, 0.3) is 5.91 Å². The predicted molar refractivity (Wildman–Crippen MR) is 121 cm³/mol. The zero-order valence-electron chi connectivity index (χ0n) is 16.1. The van der Waals surface area contributed by atoms with Crippen LogP contribution >= 0.6 is 22.6 Å². The first-order chi connectivity index (χ1) is 14.6. The van der Waals surface area contributed by atoms with Crippen LogP contribution in [0.5, 0.6) is 17.2 Å². The number of methoxy groups -OCH3 is 1. The number of ketones is 1.